The Labute approximate surface area is 216 Å². The van der Waals surface area contributed by atoms with Gasteiger partial charge in [-0.1, -0.05) is 48.5 Å². The van der Waals surface area contributed by atoms with Crippen LogP contribution in [0.2, 0.25) is 0 Å². The van der Waals surface area contributed by atoms with Gasteiger partial charge < -0.3 is 19.9 Å². The maximum Gasteiger partial charge on any atom is 0.173 e. The van der Waals surface area contributed by atoms with E-state index in [1.54, 1.807) is 0 Å². The summed E-state index contributed by atoms with van der Waals surface area (Å²) >= 11 is 9.22. The van der Waals surface area contributed by atoms with E-state index >= 15 is 0 Å². The topological polar surface area (TPSA) is 27.7 Å². The van der Waals surface area contributed by atoms with Crippen LogP contribution in [0.1, 0.15) is 83.1 Å². The van der Waals surface area contributed by atoms with Crippen molar-refractivity contribution in [2.24, 2.45) is 0 Å². The summed E-state index contributed by atoms with van der Waals surface area (Å²) in [5.41, 5.74) is 2.27. The van der Waals surface area contributed by atoms with E-state index in [1.165, 1.54) is 63.6 Å². The fourth-order valence-electron chi connectivity index (χ4n) is 4.57. The lowest BCUT2D eigenvalue weighted by Crippen LogP contribution is -2.42. The number of anilines is 1. The van der Waals surface area contributed by atoms with E-state index < -0.39 is 0 Å². The Morgan fingerprint density at radius 1 is 1.03 bits per heavy atom. The monoisotopic (exact) mass is 539 g/mol. The molecule has 0 saturated heterocycles. The molecule has 2 rings (SSSR count). The van der Waals surface area contributed by atoms with Crippen LogP contribution in [0.15, 0.2) is 22.7 Å². The lowest BCUT2D eigenvalue weighted by molar-refractivity contribution is 0.0149. The second-order valence-electron chi connectivity index (χ2n) is 9.73. The average molecular weight is 541 g/mol. The Hall–Kier alpha value is -0.690. The largest absolute Gasteiger partial charge is 0.378 e. The molecule has 0 amide bonds. The molecular formula is C27H46BrN3OS. The van der Waals surface area contributed by atoms with Crippen LogP contribution in [-0.2, 0) is 4.74 Å². The minimum Gasteiger partial charge on any atom is -0.378 e. The van der Waals surface area contributed by atoms with Gasteiger partial charge in [0.2, 0.25) is 0 Å². The lowest BCUT2D eigenvalue weighted by Gasteiger charge is -2.36. The van der Waals surface area contributed by atoms with Crippen molar-refractivity contribution in [1.29, 1.82) is 0 Å². The predicted octanol–water partition coefficient (Wildman–Crippen LogP) is 7.40. The zero-order valence-electron chi connectivity index (χ0n) is 21.4. The van der Waals surface area contributed by atoms with Gasteiger partial charge in [-0.3, -0.25) is 0 Å². The maximum atomic E-state index is 6.21. The molecule has 1 aliphatic rings. The van der Waals surface area contributed by atoms with E-state index in [-0.39, 0.29) is 0 Å². The van der Waals surface area contributed by atoms with Gasteiger partial charge >= 0.3 is 0 Å². The summed E-state index contributed by atoms with van der Waals surface area (Å²) in [4.78, 5) is 4.73. The molecule has 0 atom stereocenters. The normalized spacial score (nSPS) is 18.5. The number of thiocarbonyl (C=S) groups is 1. The summed E-state index contributed by atoms with van der Waals surface area (Å²) in [5, 5.41) is 4.23. The smallest absolute Gasteiger partial charge is 0.173 e. The van der Waals surface area contributed by atoms with Crippen molar-refractivity contribution in [3.63, 3.8) is 0 Å². The molecular weight excluding hydrogens is 494 g/mol. The first-order valence-electron chi connectivity index (χ1n) is 13.0. The van der Waals surface area contributed by atoms with Crippen molar-refractivity contribution < 1.29 is 4.74 Å². The highest BCUT2D eigenvalue weighted by molar-refractivity contribution is 9.10. The Kier molecular flexibility index (Phi) is 13.9. The molecule has 1 aliphatic carbocycles. The van der Waals surface area contributed by atoms with Gasteiger partial charge in [0, 0.05) is 29.9 Å². The number of benzene rings is 1. The van der Waals surface area contributed by atoms with Gasteiger partial charge in [-0.2, -0.15) is 0 Å². The molecule has 33 heavy (non-hydrogen) atoms. The summed E-state index contributed by atoms with van der Waals surface area (Å²) in [6.07, 6.45) is 14.1. The molecule has 0 unspecified atom stereocenters. The molecule has 0 radical (unpaired) electrons. The van der Waals surface area contributed by atoms with Gasteiger partial charge in [-0.15, -0.1) is 0 Å². The molecule has 1 N–H and O–H groups in total. The third-order valence-corrected chi connectivity index (χ3v) is 7.76. The lowest BCUT2D eigenvalue weighted by atomic mass is 9.92. The zero-order valence-corrected chi connectivity index (χ0v) is 23.8. The highest BCUT2D eigenvalue weighted by atomic mass is 79.9. The zero-order chi connectivity index (χ0) is 24.1. The standard InChI is InChI=1S/C27H46BrN3OS/c1-5-6-9-18-30(3)19-10-7-8-11-20-32-25-15-13-24(14-16-25)31(4)27(33)29-26-17-12-23(28)21-22(26)2/h12,17,21,24-25H,5-11,13-16,18-20H2,1-4H3,(H,29,33)/t24-,25-. The summed E-state index contributed by atoms with van der Waals surface area (Å²) in [7, 11) is 4.38. The number of rotatable bonds is 14. The highest BCUT2D eigenvalue weighted by Gasteiger charge is 2.25. The maximum absolute atomic E-state index is 6.21. The molecule has 4 nitrogen and oxygen atoms in total. The Balaban J connectivity index is 1.54. The van der Waals surface area contributed by atoms with Crippen LogP contribution in [0, 0.1) is 6.92 Å². The second kappa shape index (κ2) is 16.1. The van der Waals surface area contributed by atoms with Crippen LogP contribution in [-0.4, -0.2) is 60.8 Å². The average Bonchev–Trinajstić information content (AvgIpc) is 2.80. The van der Waals surface area contributed by atoms with E-state index in [4.69, 9.17) is 17.0 Å². The first kappa shape index (κ1) is 28.5. The molecule has 0 aliphatic heterocycles. The molecule has 1 aromatic rings. The minimum absolute atomic E-state index is 0.426. The second-order valence-corrected chi connectivity index (χ2v) is 11.0. The number of unbranched alkanes of at least 4 members (excludes halogenated alkanes) is 5. The summed E-state index contributed by atoms with van der Waals surface area (Å²) in [6.45, 7) is 7.78. The molecule has 0 aromatic heterocycles. The van der Waals surface area contributed by atoms with Gasteiger partial charge in [0.15, 0.2) is 5.11 Å². The van der Waals surface area contributed by atoms with E-state index in [0.29, 0.717) is 12.1 Å². The van der Waals surface area contributed by atoms with Gasteiger partial charge in [0.1, 0.15) is 0 Å². The van der Waals surface area contributed by atoms with Crippen molar-refractivity contribution in [2.75, 3.05) is 39.1 Å². The van der Waals surface area contributed by atoms with Crippen molar-refractivity contribution >= 4 is 38.9 Å². The van der Waals surface area contributed by atoms with Gasteiger partial charge in [-0.05, 0) is 108 Å². The fourth-order valence-corrected chi connectivity index (χ4v) is 5.30. The Morgan fingerprint density at radius 3 is 2.36 bits per heavy atom. The van der Waals surface area contributed by atoms with Crippen LogP contribution in [0.25, 0.3) is 0 Å². The highest BCUT2D eigenvalue weighted by Crippen LogP contribution is 2.26. The van der Waals surface area contributed by atoms with Crippen LogP contribution < -0.4 is 5.32 Å². The van der Waals surface area contributed by atoms with Crippen LogP contribution in [0.4, 0.5) is 5.69 Å². The number of hydrogen-bond donors (Lipinski definition) is 1. The summed E-state index contributed by atoms with van der Waals surface area (Å²) in [6, 6.07) is 6.74. The first-order valence-corrected chi connectivity index (χ1v) is 14.2. The van der Waals surface area contributed by atoms with Crippen LogP contribution in [0.5, 0.6) is 0 Å². The fraction of sp³-hybridized carbons (Fsp3) is 0.741. The molecule has 0 spiro atoms. The molecule has 188 valence electrons. The summed E-state index contributed by atoms with van der Waals surface area (Å²) in [5.74, 6) is 0. The minimum atomic E-state index is 0.426. The Morgan fingerprint density at radius 2 is 1.70 bits per heavy atom. The quantitative estimate of drug-likeness (QED) is 0.196. The van der Waals surface area contributed by atoms with Gasteiger partial charge in [0.05, 0.1) is 6.10 Å². The number of nitrogens with one attached hydrogen (secondary N) is 1. The van der Waals surface area contributed by atoms with Crippen LogP contribution >= 0.6 is 28.1 Å². The van der Waals surface area contributed by atoms with Gasteiger partial charge in [-0.25, -0.2) is 0 Å². The van der Waals surface area contributed by atoms with Crippen molar-refractivity contribution in [1.82, 2.24) is 9.80 Å². The van der Waals surface area contributed by atoms with Crippen molar-refractivity contribution in [3.05, 3.63) is 28.2 Å². The van der Waals surface area contributed by atoms with E-state index in [1.807, 2.05) is 6.07 Å². The molecule has 1 aromatic carbocycles. The predicted molar refractivity (Wildman–Crippen MR) is 150 cm³/mol. The SMILES string of the molecule is CCCCCN(C)CCCCCCO[C@H]1CC[C@H](N(C)C(=S)Nc2ccc(Br)cc2C)CC1. The number of hydrogen-bond acceptors (Lipinski definition) is 3. The first-order chi connectivity index (χ1) is 15.9. The molecule has 1 fully saturated rings. The van der Waals surface area contributed by atoms with E-state index in [0.717, 1.165) is 47.6 Å². The van der Waals surface area contributed by atoms with E-state index in [2.05, 4.69) is 71.1 Å². The van der Waals surface area contributed by atoms with E-state index in [9.17, 15) is 0 Å². The molecule has 0 bridgehead atoms. The third kappa shape index (κ3) is 11.1. The van der Waals surface area contributed by atoms with Gasteiger partial charge in [0.25, 0.3) is 0 Å². The van der Waals surface area contributed by atoms with Crippen molar-refractivity contribution in [3.8, 4) is 0 Å². The number of aryl methyl sites for hydroxylation is 1. The van der Waals surface area contributed by atoms with Crippen molar-refractivity contribution in [2.45, 2.75) is 96.6 Å². The molecule has 6 heteroatoms. The number of nitrogens with zero attached hydrogens (tertiary/aromatic N) is 2. The Bertz CT molecular complexity index is 694. The number of ether oxygens (including phenoxy) is 1. The molecule has 1 saturated carbocycles. The number of halogens is 1. The van der Waals surface area contributed by atoms with Crippen LogP contribution in [0.3, 0.4) is 0 Å². The third-order valence-electron chi connectivity index (χ3n) is 6.87. The molecule has 0 heterocycles. The summed E-state index contributed by atoms with van der Waals surface area (Å²) < 4.78 is 7.30.